The number of amides is 2. The van der Waals surface area contributed by atoms with Gasteiger partial charge in [0, 0.05) is 18.2 Å². The average molecular weight is 482 g/mol. The molecule has 0 unspecified atom stereocenters. The predicted molar refractivity (Wildman–Crippen MR) is 133 cm³/mol. The highest BCUT2D eigenvalue weighted by molar-refractivity contribution is 5.99. The fourth-order valence-electron chi connectivity index (χ4n) is 6.21. The number of ether oxygens (including phenoxy) is 1. The minimum Gasteiger partial charge on any atom is -0.368 e. The Bertz CT molecular complexity index is 921. The smallest absolute Gasteiger partial charge is 0.251 e. The standard InChI is InChI=1S/C28H39N3O4/c1-2-3-7-23(28(34)31-17-14-25-26(31)24(32)18-35-25)29-27(33)21-10-8-19(9-11-21)20-12-15-30(16-13-20)22-5-4-6-22/h8-11,20,22-23,25-26H,2-7,12-18H2,1H3,(H,29,33)/t23-,25+,26+/m0/s1. The summed E-state index contributed by atoms with van der Waals surface area (Å²) in [5.41, 5.74) is 1.88. The van der Waals surface area contributed by atoms with Crippen LogP contribution in [0.3, 0.4) is 0 Å². The molecule has 3 heterocycles. The molecule has 0 radical (unpaired) electrons. The van der Waals surface area contributed by atoms with Gasteiger partial charge in [0.2, 0.25) is 5.91 Å². The van der Waals surface area contributed by atoms with E-state index < -0.39 is 12.1 Å². The zero-order chi connectivity index (χ0) is 24.4. The molecular formula is C28H39N3O4. The molecular weight excluding hydrogens is 442 g/mol. The highest BCUT2D eigenvalue weighted by Crippen LogP contribution is 2.33. The zero-order valence-corrected chi connectivity index (χ0v) is 20.9. The first-order valence-corrected chi connectivity index (χ1v) is 13.6. The zero-order valence-electron chi connectivity index (χ0n) is 20.9. The lowest BCUT2D eigenvalue weighted by Gasteiger charge is -2.42. The fraction of sp³-hybridized carbons (Fsp3) is 0.679. The van der Waals surface area contributed by atoms with Crippen LogP contribution in [0.15, 0.2) is 24.3 Å². The first-order valence-electron chi connectivity index (χ1n) is 13.6. The van der Waals surface area contributed by atoms with Gasteiger partial charge in [0.1, 0.15) is 18.7 Å². The topological polar surface area (TPSA) is 79.0 Å². The molecule has 3 atom stereocenters. The number of hydrogen-bond donors (Lipinski definition) is 1. The van der Waals surface area contributed by atoms with Gasteiger partial charge in [-0.05, 0) is 75.2 Å². The molecule has 3 saturated heterocycles. The molecule has 5 rings (SSSR count). The molecule has 1 aliphatic carbocycles. The molecule has 0 bridgehead atoms. The number of carbonyl (C=O) groups excluding carboxylic acids is 3. The van der Waals surface area contributed by atoms with E-state index in [1.165, 1.54) is 50.8 Å². The van der Waals surface area contributed by atoms with Crippen LogP contribution in [-0.4, -0.2) is 77.9 Å². The number of Topliss-reactive ketones (excluding diaryl/α,β-unsaturated/α-hetero) is 1. The van der Waals surface area contributed by atoms with Gasteiger partial charge in [-0.2, -0.15) is 0 Å². The number of hydrogen-bond acceptors (Lipinski definition) is 5. The number of fused-ring (bicyclic) bond motifs is 1. The minimum atomic E-state index is -0.620. The third-order valence-corrected chi connectivity index (χ3v) is 8.61. The van der Waals surface area contributed by atoms with Gasteiger partial charge in [-0.15, -0.1) is 0 Å². The lowest BCUT2D eigenvalue weighted by atomic mass is 9.85. The van der Waals surface area contributed by atoms with Crippen molar-refractivity contribution < 1.29 is 19.1 Å². The van der Waals surface area contributed by atoms with Crippen molar-refractivity contribution in [1.82, 2.24) is 15.1 Å². The Morgan fingerprint density at radius 2 is 1.80 bits per heavy atom. The van der Waals surface area contributed by atoms with Crippen molar-refractivity contribution in [1.29, 1.82) is 0 Å². The Balaban J connectivity index is 1.19. The summed E-state index contributed by atoms with van der Waals surface area (Å²) in [5.74, 6) is 0.135. The van der Waals surface area contributed by atoms with Crippen molar-refractivity contribution >= 4 is 17.6 Å². The van der Waals surface area contributed by atoms with Crippen LogP contribution in [0.2, 0.25) is 0 Å². The Kier molecular flexibility index (Phi) is 7.54. The van der Waals surface area contributed by atoms with Gasteiger partial charge in [0.25, 0.3) is 5.91 Å². The maximum absolute atomic E-state index is 13.4. The molecule has 1 aromatic rings. The number of nitrogens with one attached hydrogen (secondary N) is 1. The van der Waals surface area contributed by atoms with Gasteiger partial charge >= 0.3 is 0 Å². The number of nitrogens with zero attached hydrogens (tertiary/aromatic N) is 2. The summed E-state index contributed by atoms with van der Waals surface area (Å²) in [5, 5.41) is 2.98. The number of piperidine rings is 1. The molecule has 0 spiro atoms. The van der Waals surface area contributed by atoms with Crippen molar-refractivity contribution in [3.8, 4) is 0 Å². The van der Waals surface area contributed by atoms with Crippen LogP contribution in [-0.2, 0) is 14.3 Å². The molecule has 2 amide bonds. The van der Waals surface area contributed by atoms with Gasteiger partial charge in [0.05, 0.1) is 6.10 Å². The highest BCUT2D eigenvalue weighted by atomic mass is 16.5. The molecule has 190 valence electrons. The van der Waals surface area contributed by atoms with Gasteiger partial charge in [-0.25, -0.2) is 0 Å². The fourth-order valence-corrected chi connectivity index (χ4v) is 6.21. The largest absolute Gasteiger partial charge is 0.368 e. The number of likely N-dealkylation sites (tertiary alicyclic amines) is 2. The van der Waals surface area contributed by atoms with Crippen molar-refractivity contribution in [2.75, 3.05) is 26.2 Å². The van der Waals surface area contributed by atoms with Crippen molar-refractivity contribution in [3.05, 3.63) is 35.4 Å². The summed E-state index contributed by atoms with van der Waals surface area (Å²) in [6, 6.07) is 7.66. The van der Waals surface area contributed by atoms with Gasteiger partial charge in [-0.3, -0.25) is 14.4 Å². The Morgan fingerprint density at radius 1 is 1.06 bits per heavy atom. The molecule has 1 saturated carbocycles. The van der Waals surface area contributed by atoms with Crippen LogP contribution in [0.25, 0.3) is 0 Å². The average Bonchev–Trinajstić information content (AvgIpc) is 3.43. The van der Waals surface area contributed by atoms with E-state index in [-0.39, 0.29) is 30.3 Å². The van der Waals surface area contributed by atoms with Gasteiger partial charge in [0.15, 0.2) is 5.78 Å². The number of ketones is 1. The molecule has 1 N–H and O–H groups in total. The SMILES string of the molecule is CCCC[C@H](NC(=O)c1ccc(C2CCN(C3CCC3)CC2)cc1)C(=O)N1CC[C@H]2OCC(=O)[C@H]21. The van der Waals surface area contributed by atoms with E-state index in [1.807, 2.05) is 12.1 Å². The number of carbonyl (C=O) groups is 3. The van der Waals surface area contributed by atoms with Crippen LogP contribution >= 0.6 is 0 Å². The molecule has 0 aromatic heterocycles. The first kappa shape index (κ1) is 24.4. The maximum Gasteiger partial charge on any atom is 0.251 e. The van der Waals surface area contributed by atoms with E-state index in [2.05, 4.69) is 29.3 Å². The Morgan fingerprint density at radius 3 is 2.46 bits per heavy atom. The molecule has 35 heavy (non-hydrogen) atoms. The van der Waals surface area contributed by atoms with Crippen LogP contribution in [0, 0.1) is 0 Å². The molecule has 4 aliphatic rings. The van der Waals surface area contributed by atoms with E-state index in [4.69, 9.17) is 4.74 Å². The minimum absolute atomic E-state index is 0.0319. The van der Waals surface area contributed by atoms with Gasteiger partial charge < -0.3 is 19.9 Å². The summed E-state index contributed by atoms with van der Waals surface area (Å²) in [6.07, 6.45) is 9.28. The molecule has 3 aliphatic heterocycles. The van der Waals surface area contributed by atoms with Crippen molar-refractivity contribution in [2.24, 2.45) is 0 Å². The lowest BCUT2D eigenvalue weighted by Crippen LogP contribution is -2.52. The van der Waals surface area contributed by atoms with Crippen LogP contribution < -0.4 is 5.32 Å². The molecule has 7 heteroatoms. The summed E-state index contributed by atoms with van der Waals surface area (Å²) in [6.45, 7) is 5.00. The normalized spacial score (nSPS) is 26.4. The number of benzene rings is 1. The second-order valence-corrected chi connectivity index (χ2v) is 10.8. The molecule has 7 nitrogen and oxygen atoms in total. The Hall–Kier alpha value is -2.25. The molecule has 4 fully saturated rings. The second kappa shape index (κ2) is 10.8. The summed E-state index contributed by atoms with van der Waals surface area (Å²) in [4.78, 5) is 43.0. The lowest BCUT2D eigenvalue weighted by molar-refractivity contribution is -0.138. The third kappa shape index (κ3) is 5.17. The number of rotatable bonds is 8. The summed E-state index contributed by atoms with van der Waals surface area (Å²) in [7, 11) is 0. The van der Waals surface area contributed by atoms with E-state index in [0.717, 1.165) is 18.9 Å². The van der Waals surface area contributed by atoms with Gasteiger partial charge in [-0.1, -0.05) is 38.3 Å². The van der Waals surface area contributed by atoms with Crippen molar-refractivity contribution in [3.63, 3.8) is 0 Å². The monoisotopic (exact) mass is 481 g/mol. The molecule has 1 aromatic carbocycles. The summed E-state index contributed by atoms with van der Waals surface area (Å²) < 4.78 is 5.53. The van der Waals surface area contributed by atoms with E-state index in [9.17, 15) is 14.4 Å². The summed E-state index contributed by atoms with van der Waals surface area (Å²) >= 11 is 0. The van der Waals surface area contributed by atoms with Crippen LogP contribution in [0.1, 0.15) is 86.6 Å². The quantitative estimate of drug-likeness (QED) is 0.617. The van der Waals surface area contributed by atoms with E-state index in [1.54, 1.807) is 4.90 Å². The third-order valence-electron chi connectivity index (χ3n) is 8.61. The highest BCUT2D eigenvalue weighted by Gasteiger charge is 2.48. The Labute approximate surface area is 208 Å². The second-order valence-electron chi connectivity index (χ2n) is 10.8. The first-order chi connectivity index (χ1) is 17.0. The van der Waals surface area contributed by atoms with E-state index in [0.29, 0.717) is 30.9 Å². The van der Waals surface area contributed by atoms with Crippen LogP contribution in [0.5, 0.6) is 0 Å². The van der Waals surface area contributed by atoms with E-state index >= 15 is 0 Å². The van der Waals surface area contributed by atoms with Crippen LogP contribution in [0.4, 0.5) is 0 Å². The number of unbranched alkanes of at least 4 members (excludes halogenated alkanes) is 1. The van der Waals surface area contributed by atoms with Crippen molar-refractivity contribution in [2.45, 2.75) is 94.9 Å². The maximum atomic E-state index is 13.4. The predicted octanol–water partition coefficient (Wildman–Crippen LogP) is 3.28.